The highest BCUT2D eigenvalue weighted by molar-refractivity contribution is 5.98. The van der Waals surface area contributed by atoms with E-state index in [2.05, 4.69) is 20.9 Å². The zero-order valence-corrected chi connectivity index (χ0v) is 14.4. The fourth-order valence-corrected chi connectivity index (χ4v) is 2.05. The first-order valence-corrected chi connectivity index (χ1v) is 7.98. The lowest BCUT2D eigenvalue weighted by Gasteiger charge is -2.09. The number of hydrogen-bond acceptors (Lipinski definition) is 6. The van der Waals surface area contributed by atoms with Gasteiger partial charge in [-0.1, -0.05) is 19.1 Å². The molecule has 1 heterocycles. The predicted molar refractivity (Wildman–Crippen MR) is 89.9 cm³/mol. The normalized spacial score (nSPS) is 10.7. The molecule has 0 aliphatic heterocycles. The molecule has 2 rings (SSSR count). The molecule has 2 aromatic rings. The van der Waals surface area contributed by atoms with Crippen molar-refractivity contribution in [2.75, 3.05) is 13.2 Å². The van der Waals surface area contributed by atoms with E-state index in [9.17, 15) is 14.4 Å². The number of imide groups is 1. The van der Waals surface area contributed by atoms with Crippen LogP contribution in [0.25, 0.3) is 11.0 Å². The Labute approximate surface area is 144 Å². The van der Waals surface area contributed by atoms with Crippen LogP contribution in [-0.2, 0) is 16.1 Å². The van der Waals surface area contributed by atoms with Crippen LogP contribution < -0.4 is 10.6 Å². The standard InChI is InChI=1S/C16H21N5O4/c1-4-21-13-6-5-11(7-12(13)19-20-21)15(23)25-9-14(22)18-16(24)17-8-10(2)3/h5-7,10H,4,8-9H2,1-3H3,(H2,17,18,22,24). The van der Waals surface area contributed by atoms with Gasteiger partial charge in [0.2, 0.25) is 0 Å². The van der Waals surface area contributed by atoms with Crippen LogP contribution in [0.5, 0.6) is 0 Å². The first kappa shape index (κ1) is 18.4. The van der Waals surface area contributed by atoms with Crippen LogP contribution in [-0.4, -0.2) is 46.1 Å². The molecule has 134 valence electrons. The van der Waals surface area contributed by atoms with Crippen LogP contribution >= 0.6 is 0 Å². The summed E-state index contributed by atoms with van der Waals surface area (Å²) < 4.78 is 6.61. The Morgan fingerprint density at radius 2 is 2.04 bits per heavy atom. The summed E-state index contributed by atoms with van der Waals surface area (Å²) in [7, 11) is 0. The minimum atomic E-state index is -0.701. The Bertz CT molecular complexity index is 784. The molecule has 2 N–H and O–H groups in total. The van der Waals surface area contributed by atoms with E-state index in [0.29, 0.717) is 18.6 Å². The van der Waals surface area contributed by atoms with Crippen LogP contribution in [0.1, 0.15) is 31.1 Å². The lowest BCUT2D eigenvalue weighted by molar-refractivity contribution is -0.123. The third-order valence-corrected chi connectivity index (χ3v) is 3.31. The molecule has 0 spiro atoms. The SMILES string of the molecule is CCn1nnc2cc(C(=O)OCC(=O)NC(=O)NCC(C)C)ccc21. The summed E-state index contributed by atoms with van der Waals surface area (Å²) in [5.74, 6) is -1.11. The first-order chi connectivity index (χ1) is 11.9. The molecule has 9 nitrogen and oxygen atoms in total. The molecule has 1 aromatic heterocycles. The number of ether oxygens (including phenoxy) is 1. The monoisotopic (exact) mass is 347 g/mol. The van der Waals surface area contributed by atoms with Crippen LogP contribution in [0.15, 0.2) is 18.2 Å². The number of amides is 3. The van der Waals surface area contributed by atoms with Gasteiger partial charge in [-0.15, -0.1) is 5.10 Å². The maximum Gasteiger partial charge on any atom is 0.338 e. The molecule has 0 unspecified atom stereocenters. The first-order valence-electron chi connectivity index (χ1n) is 7.98. The topological polar surface area (TPSA) is 115 Å². The van der Waals surface area contributed by atoms with Gasteiger partial charge in [-0.3, -0.25) is 10.1 Å². The molecule has 0 fully saturated rings. The zero-order chi connectivity index (χ0) is 18.4. The van der Waals surface area contributed by atoms with Crippen molar-refractivity contribution in [2.45, 2.75) is 27.3 Å². The van der Waals surface area contributed by atoms with Crippen molar-refractivity contribution >= 4 is 28.9 Å². The second-order valence-electron chi connectivity index (χ2n) is 5.84. The van der Waals surface area contributed by atoms with Gasteiger partial charge in [0.25, 0.3) is 5.91 Å². The largest absolute Gasteiger partial charge is 0.452 e. The molecule has 0 saturated carbocycles. The Morgan fingerprint density at radius 3 is 2.72 bits per heavy atom. The van der Waals surface area contributed by atoms with E-state index in [1.54, 1.807) is 22.9 Å². The van der Waals surface area contributed by atoms with Gasteiger partial charge in [0, 0.05) is 13.1 Å². The summed E-state index contributed by atoms with van der Waals surface area (Å²) in [4.78, 5) is 35.1. The number of rotatable bonds is 6. The van der Waals surface area contributed by atoms with Gasteiger partial charge >= 0.3 is 12.0 Å². The van der Waals surface area contributed by atoms with Crippen molar-refractivity contribution in [3.63, 3.8) is 0 Å². The van der Waals surface area contributed by atoms with Crippen molar-refractivity contribution in [1.29, 1.82) is 0 Å². The number of aryl methyl sites for hydroxylation is 1. The molecular weight excluding hydrogens is 326 g/mol. The summed E-state index contributed by atoms with van der Waals surface area (Å²) in [6.07, 6.45) is 0. The predicted octanol–water partition coefficient (Wildman–Crippen LogP) is 1.09. The van der Waals surface area contributed by atoms with E-state index >= 15 is 0 Å². The number of nitrogens with zero attached hydrogens (tertiary/aromatic N) is 3. The number of hydrogen-bond donors (Lipinski definition) is 2. The Hall–Kier alpha value is -2.97. The number of benzene rings is 1. The van der Waals surface area contributed by atoms with Gasteiger partial charge in [-0.25, -0.2) is 14.3 Å². The molecule has 0 aliphatic carbocycles. The molecule has 9 heteroatoms. The summed E-state index contributed by atoms with van der Waals surface area (Å²) in [5.41, 5.74) is 1.63. The quantitative estimate of drug-likeness (QED) is 0.756. The molecule has 3 amide bonds. The highest BCUT2D eigenvalue weighted by Crippen LogP contribution is 2.14. The van der Waals surface area contributed by atoms with Crippen molar-refractivity contribution < 1.29 is 19.1 Å². The van der Waals surface area contributed by atoms with Crippen LogP contribution in [0.2, 0.25) is 0 Å². The van der Waals surface area contributed by atoms with Gasteiger partial charge in [0.15, 0.2) is 6.61 Å². The van der Waals surface area contributed by atoms with E-state index in [0.717, 1.165) is 5.52 Å². The maximum absolute atomic E-state index is 12.0. The minimum Gasteiger partial charge on any atom is -0.452 e. The molecule has 1 aromatic carbocycles. The highest BCUT2D eigenvalue weighted by Gasteiger charge is 2.14. The van der Waals surface area contributed by atoms with E-state index in [1.165, 1.54) is 0 Å². The van der Waals surface area contributed by atoms with E-state index in [4.69, 9.17) is 4.74 Å². The molecule has 25 heavy (non-hydrogen) atoms. The Kier molecular flexibility index (Phi) is 6.04. The van der Waals surface area contributed by atoms with Gasteiger partial charge in [-0.2, -0.15) is 0 Å². The van der Waals surface area contributed by atoms with Crippen LogP contribution in [0.3, 0.4) is 0 Å². The minimum absolute atomic E-state index is 0.257. The molecule has 0 atom stereocenters. The number of fused-ring (bicyclic) bond motifs is 1. The van der Waals surface area contributed by atoms with E-state index in [1.807, 2.05) is 20.8 Å². The second-order valence-corrected chi connectivity index (χ2v) is 5.84. The summed E-state index contributed by atoms with van der Waals surface area (Å²) in [6.45, 7) is 6.36. The summed E-state index contributed by atoms with van der Waals surface area (Å²) >= 11 is 0. The Balaban J connectivity index is 1.87. The van der Waals surface area contributed by atoms with Gasteiger partial charge < -0.3 is 10.1 Å². The van der Waals surface area contributed by atoms with Gasteiger partial charge in [0.1, 0.15) is 5.52 Å². The second kappa shape index (κ2) is 8.22. The summed E-state index contributed by atoms with van der Waals surface area (Å²) in [6, 6.07) is 4.22. The fraction of sp³-hybridized carbons (Fsp3) is 0.438. The number of esters is 1. The van der Waals surface area contributed by atoms with Crippen molar-refractivity contribution in [1.82, 2.24) is 25.6 Å². The molecule has 0 radical (unpaired) electrons. The molecule has 0 aliphatic rings. The van der Waals surface area contributed by atoms with Gasteiger partial charge in [-0.05, 0) is 31.0 Å². The average molecular weight is 347 g/mol. The number of aromatic nitrogens is 3. The third kappa shape index (κ3) is 5.00. The van der Waals surface area contributed by atoms with Crippen LogP contribution in [0.4, 0.5) is 4.79 Å². The Morgan fingerprint density at radius 1 is 1.28 bits per heavy atom. The van der Waals surface area contributed by atoms with Gasteiger partial charge in [0.05, 0.1) is 11.1 Å². The maximum atomic E-state index is 12.0. The molecular formula is C16H21N5O4. The average Bonchev–Trinajstić information content (AvgIpc) is 3.00. The summed E-state index contributed by atoms with van der Waals surface area (Å²) in [5, 5.41) is 12.6. The molecule has 0 bridgehead atoms. The highest BCUT2D eigenvalue weighted by atomic mass is 16.5. The lowest BCUT2D eigenvalue weighted by atomic mass is 10.2. The van der Waals surface area contributed by atoms with Crippen molar-refractivity contribution in [3.8, 4) is 0 Å². The number of urea groups is 1. The smallest absolute Gasteiger partial charge is 0.338 e. The third-order valence-electron chi connectivity index (χ3n) is 3.31. The number of carbonyl (C=O) groups is 3. The fourth-order valence-electron chi connectivity index (χ4n) is 2.05. The number of carbonyl (C=O) groups excluding carboxylic acids is 3. The van der Waals surface area contributed by atoms with E-state index in [-0.39, 0.29) is 11.5 Å². The molecule has 0 saturated heterocycles. The zero-order valence-electron chi connectivity index (χ0n) is 14.4. The van der Waals surface area contributed by atoms with Crippen molar-refractivity contribution in [2.24, 2.45) is 5.92 Å². The van der Waals surface area contributed by atoms with E-state index < -0.39 is 24.5 Å². The number of nitrogens with one attached hydrogen (secondary N) is 2. The lowest BCUT2D eigenvalue weighted by Crippen LogP contribution is -2.42. The van der Waals surface area contributed by atoms with Crippen LogP contribution in [0, 0.1) is 5.92 Å². The van der Waals surface area contributed by atoms with Crippen molar-refractivity contribution in [3.05, 3.63) is 23.8 Å².